The Morgan fingerprint density at radius 3 is 2.40 bits per heavy atom. The summed E-state index contributed by atoms with van der Waals surface area (Å²) in [4.78, 5) is 12.1. The molecule has 0 unspecified atom stereocenters. The smallest absolute Gasteiger partial charge is 0.265 e. The number of rotatable bonds is 8. The molecule has 3 N–H and O–H groups in total. The van der Waals surface area contributed by atoms with Gasteiger partial charge in [0.25, 0.3) is 5.91 Å². The summed E-state index contributed by atoms with van der Waals surface area (Å²) >= 11 is 0. The number of carbonyl (C=O) groups excluding carboxylic acids is 1. The van der Waals surface area contributed by atoms with Gasteiger partial charge in [-0.05, 0) is 49.9 Å². The highest BCUT2D eigenvalue weighted by Crippen LogP contribution is 2.35. The first-order valence-electron chi connectivity index (χ1n) is 8.08. The fraction of sp³-hybridized carbons (Fsp3) is 0.562. The summed E-state index contributed by atoms with van der Waals surface area (Å²) in [6.07, 6.45) is 1.27. The molecule has 1 amide bonds. The minimum absolute atomic E-state index is 0.0132. The molecule has 0 saturated carbocycles. The molecule has 1 aromatic carbocycles. The first kappa shape index (κ1) is 19.6. The number of unbranched alkanes of at least 4 members (excludes halogenated alkanes) is 1. The van der Waals surface area contributed by atoms with Crippen molar-refractivity contribution in [1.82, 2.24) is 5.48 Å². The van der Waals surface area contributed by atoms with Crippen molar-refractivity contribution in [3.05, 3.63) is 24.3 Å². The number of sulfone groups is 1. The number of ether oxygens (including phenoxy) is 2. The van der Waals surface area contributed by atoms with Crippen LogP contribution in [0.3, 0.4) is 0 Å². The van der Waals surface area contributed by atoms with Crippen molar-refractivity contribution in [2.24, 2.45) is 0 Å². The number of amides is 1. The van der Waals surface area contributed by atoms with Crippen molar-refractivity contribution in [1.29, 1.82) is 0 Å². The summed E-state index contributed by atoms with van der Waals surface area (Å²) in [6.45, 7) is 0.761. The molecule has 25 heavy (non-hydrogen) atoms. The monoisotopic (exact) mass is 373 g/mol. The van der Waals surface area contributed by atoms with Crippen LogP contribution in [0, 0.1) is 0 Å². The molecule has 9 heteroatoms. The van der Waals surface area contributed by atoms with Crippen molar-refractivity contribution >= 4 is 15.7 Å². The topological polar surface area (TPSA) is 122 Å². The van der Waals surface area contributed by atoms with Crippen LogP contribution in [0.25, 0.3) is 0 Å². The van der Waals surface area contributed by atoms with Gasteiger partial charge in [0.2, 0.25) is 0 Å². The lowest BCUT2D eigenvalue weighted by Gasteiger charge is -2.34. The third-order valence-corrected chi connectivity index (χ3v) is 6.80. The van der Waals surface area contributed by atoms with Crippen LogP contribution in [-0.4, -0.2) is 55.8 Å². The summed E-state index contributed by atoms with van der Waals surface area (Å²) in [5.41, 5.74) is 1.48. The fourth-order valence-corrected chi connectivity index (χ4v) is 4.70. The lowest BCUT2D eigenvalue weighted by molar-refractivity contribution is -0.134. The number of hydrogen-bond donors (Lipinski definition) is 3. The average molecular weight is 373 g/mol. The number of aliphatic hydroxyl groups is 1. The Bertz CT molecular complexity index is 666. The zero-order valence-corrected chi connectivity index (χ0v) is 14.6. The first-order chi connectivity index (χ1) is 12.0. The van der Waals surface area contributed by atoms with Crippen LogP contribution in [0.5, 0.6) is 5.75 Å². The zero-order chi connectivity index (χ0) is 18.3. The largest absolute Gasteiger partial charge is 0.494 e. The van der Waals surface area contributed by atoms with E-state index in [1.165, 1.54) is 29.7 Å². The van der Waals surface area contributed by atoms with Crippen LogP contribution >= 0.6 is 0 Å². The minimum atomic E-state index is -4.02. The van der Waals surface area contributed by atoms with Gasteiger partial charge in [-0.15, -0.1) is 0 Å². The molecule has 0 spiro atoms. The van der Waals surface area contributed by atoms with Crippen LogP contribution in [0.2, 0.25) is 0 Å². The molecule has 1 fully saturated rings. The van der Waals surface area contributed by atoms with Gasteiger partial charge in [0.1, 0.15) is 5.75 Å². The minimum Gasteiger partial charge on any atom is -0.494 e. The molecule has 0 bridgehead atoms. The third kappa shape index (κ3) is 4.12. The van der Waals surface area contributed by atoms with Gasteiger partial charge in [0, 0.05) is 19.8 Å². The van der Waals surface area contributed by atoms with Crippen molar-refractivity contribution < 1.29 is 33.0 Å². The summed E-state index contributed by atoms with van der Waals surface area (Å²) in [5.74, 6) is -0.440. The van der Waals surface area contributed by atoms with E-state index in [0.717, 1.165) is 0 Å². The van der Waals surface area contributed by atoms with Crippen molar-refractivity contribution in [3.8, 4) is 5.75 Å². The van der Waals surface area contributed by atoms with Crippen molar-refractivity contribution in [2.45, 2.75) is 35.3 Å². The Balaban J connectivity index is 2.21. The molecule has 1 aliphatic heterocycles. The van der Waals surface area contributed by atoms with E-state index in [9.17, 15) is 13.2 Å². The third-order valence-electron chi connectivity index (χ3n) is 4.29. The molecule has 1 saturated heterocycles. The highest BCUT2D eigenvalue weighted by molar-refractivity contribution is 7.93. The first-order valence-corrected chi connectivity index (χ1v) is 9.57. The highest BCUT2D eigenvalue weighted by Gasteiger charge is 2.52. The summed E-state index contributed by atoms with van der Waals surface area (Å²) in [6, 6.07) is 5.82. The standard InChI is InChI=1S/C16H23NO7S/c18-9-1-2-10-24-13-3-5-14(6-4-13)25(21,22)16(15(19)17-20)7-11-23-12-8-16/h3-6,18,20H,1-2,7-12H2,(H,17,19). The van der Waals surface area contributed by atoms with Crippen LogP contribution in [-0.2, 0) is 19.4 Å². The van der Waals surface area contributed by atoms with Gasteiger partial charge in [-0.25, -0.2) is 13.9 Å². The second kappa shape index (κ2) is 8.61. The molecule has 2 rings (SSSR count). The number of carbonyl (C=O) groups is 1. The van der Waals surface area contributed by atoms with E-state index in [0.29, 0.717) is 25.2 Å². The van der Waals surface area contributed by atoms with E-state index in [2.05, 4.69) is 0 Å². The molecule has 0 aromatic heterocycles. The quantitative estimate of drug-likeness (QED) is 0.348. The molecule has 1 heterocycles. The van der Waals surface area contributed by atoms with E-state index in [1.54, 1.807) is 0 Å². The molecular formula is C16H23NO7S. The van der Waals surface area contributed by atoms with E-state index in [1.807, 2.05) is 0 Å². The van der Waals surface area contributed by atoms with Gasteiger partial charge in [0.15, 0.2) is 14.6 Å². The SMILES string of the molecule is O=C(NO)C1(S(=O)(=O)c2ccc(OCCCCO)cc2)CCOCC1. The number of hydroxylamine groups is 1. The van der Waals surface area contributed by atoms with E-state index in [4.69, 9.17) is 19.8 Å². The van der Waals surface area contributed by atoms with Gasteiger partial charge >= 0.3 is 0 Å². The predicted octanol–water partition coefficient (Wildman–Crippen LogP) is 0.666. The number of benzene rings is 1. The fourth-order valence-electron chi connectivity index (χ4n) is 2.77. The Kier molecular flexibility index (Phi) is 6.77. The summed E-state index contributed by atoms with van der Waals surface area (Å²) in [5, 5.41) is 17.7. The zero-order valence-electron chi connectivity index (χ0n) is 13.8. The van der Waals surface area contributed by atoms with Gasteiger partial charge in [-0.3, -0.25) is 10.0 Å². The maximum atomic E-state index is 13.0. The second-order valence-electron chi connectivity index (χ2n) is 5.80. The number of hydrogen-bond acceptors (Lipinski definition) is 7. The molecular weight excluding hydrogens is 350 g/mol. The molecule has 8 nitrogen and oxygen atoms in total. The number of aliphatic hydroxyl groups excluding tert-OH is 1. The van der Waals surface area contributed by atoms with Gasteiger partial charge in [-0.1, -0.05) is 0 Å². The van der Waals surface area contributed by atoms with Crippen molar-refractivity contribution in [3.63, 3.8) is 0 Å². The van der Waals surface area contributed by atoms with Crippen LogP contribution in [0.4, 0.5) is 0 Å². The molecule has 0 aliphatic carbocycles. The molecule has 1 aromatic rings. The van der Waals surface area contributed by atoms with Crippen LogP contribution in [0.1, 0.15) is 25.7 Å². The Morgan fingerprint density at radius 1 is 1.20 bits per heavy atom. The van der Waals surface area contributed by atoms with Gasteiger partial charge in [-0.2, -0.15) is 0 Å². The lowest BCUT2D eigenvalue weighted by Crippen LogP contribution is -2.54. The van der Waals surface area contributed by atoms with Crippen LogP contribution in [0.15, 0.2) is 29.2 Å². The van der Waals surface area contributed by atoms with E-state index in [-0.39, 0.29) is 37.6 Å². The highest BCUT2D eigenvalue weighted by atomic mass is 32.2. The van der Waals surface area contributed by atoms with E-state index < -0.39 is 20.5 Å². The van der Waals surface area contributed by atoms with Crippen molar-refractivity contribution in [2.75, 3.05) is 26.4 Å². The maximum Gasteiger partial charge on any atom is 0.265 e. The van der Waals surface area contributed by atoms with Crippen LogP contribution < -0.4 is 10.2 Å². The lowest BCUT2D eigenvalue weighted by atomic mass is 9.98. The summed E-state index contributed by atoms with van der Waals surface area (Å²) < 4.78 is 34.9. The Hall–Kier alpha value is -1.68. The van der Waals surface area contributed by atoms with Gasteiger partial charge in [0.05, 0.1) is 11.5 Å². The number of nitrogens with one attached hydrogen (secondary N) is 1. The normalized spacial score (nSPS) is 17.0. The van der Waals surface area contributed by atoms with Gasteiger partial charge < -0.3 is 14.6 Å². The van der Waals surface area contributed by atoms with E-state index >= 15 is 0 Å². The Labute approximate surface area is 146 Å². The Morgan fingerprint density at radius 2 is 1.84 bits per heavy atom. The molecule has 1 aliphatic rings. The molecule has 0 radical (unpaired) electrons. The summed E-state index contributed by atoms with van der Waals surface area (Å²) in [7, 11) is -4.02. The molecule has 140 valence electrons. The average Bonchev–Trinajstić information content (AvgIpc) is 2.65. The molecule has 0 atom stereocenters. The second-order valence-corrected chi connectivity index (χ2v) is 8.06. The predicted molar refractivity (Wildman–Crippen MR) is 88.2 cm³/mol. The maximum absolute atomic E-state index is 13.0.